The fraction of sp³-hybridized carbons (Fsp3) is 0.0125. The molecular formula is C80H46N6O2S. The van der Waals surface area contributed by atoms with Gasteiger partial charge in [-0.25, -0.2) is 4.98 Å². The smallest absolute Gasteiger partial charge is 0.220 e. The Kier molecular flexibility index (Phi) is 9.24. The van der Waals surface area contributed by atoms with Crippen molar-refractivity contribution in [3.05, 3.63) is 301 Å². The Morgan fingerprint density at radius 3 is 1.30 bits per heavy atom. The van der Waals surface area contributed by atoms with Crippen LogP contribution in [0, 0.1) is 0 Å². The second kappa shape index (κ2) is 17.3. The molecule has 1 atom stereocenters. The maximum Gasteiger partial charge on any atom is 0.220 e. The highest BCUT2D eigenvalue weighted by Gasteiger charge is 2.52. The Balaban J connectivity index is 0.779. The minimum Gasteiger partial charge on any atom is -0.454 e. The maximum absolute atomic E-state index is 7.48. The zero-order valence-corrected chi connectivity index (χ0v) is 48.3. The van der Waals surface area contributed by atoms with Crippen LogP contribution in [0.15, 0.2) is 279 Å². The van der Waals surface area contributed by atoms with E-state index in [4.69, 9.17) is 14.5 Å². The summed E-state index contributed by atoms with van der Waals surface area (Å²) in [5.74, 6) is 4.05. The van der Waals surface area contributed by atoms with Crippen LogP contribution in [0.25, 0.3) is 136 Å². The fourth-order valence-electron chi connectivity index (χ4n) is 15.9. The number of hydrogen-bond acceptors (Lipinski definition) is 4. The number of hydrogen-bond donors (Lipinski definition) is 0. The molecule has 9 heteroatoms. The number of thiophene rings is 1. The van der Waals surface area contributed by atoms with Gasteiger partial charge in [0, 0.05) is 81.4 Å². The Bertz CT molecular complexity index is 6280. The first-order valence-electron chi connectivity index (χ1n) is 30.3. The van der Waals surface area contributed by atoms with E-state index in [0.717, 1.165) is 139 Å². The molecule has 19 aromatic rings. The second-order valence-electron chi connectivity index (χ2n) is 23.7. The van der Waals surface area contributed by atoms with Crippen LogP contribution in [0.5, 0.6) is 23.0 Å². The molecule has 6 aromatic heterocycles. The molecule has 0 radical (unpaired) electrons. The highest BCUT2D eigenvalue weighted by atomic mass is 32.1. The molecule has 1 unspecified atom stereocenters. The molecule has 89 heavy (non-hydrogen) atoms. The van der Waals surface area contributed by atoms with Gasteiger partial charge in [0.05, 0.1) is 71.1 Å². The van der Waals surface area contributed by atoms with Gasteiger partial charge in [-0.1, -0.05) is 170 Å². The van der Waals surface area contributed by atoms with Crippen molar-refractivity contribution in [3.63, 3.8) is 0 Å². The lowest BCUT2D eigenvalue weighted by atomic mass is 9.62. The summed E-state index contributed by atoms with van der Waals surface area (Å²) in [5.41, 5.74) is 18.3. The SMILES string of the molecule is c1ccc2c(c1)Oc1c(-n3c4ccccc4c4cc(-n5c6ccccc6c6ccccc65)ccc43)cccc1C21c2ccccc2Oc2c(-n3c4ccccc4c4cc(-n5c6ccccc6n6c7ccc8c9ccccc9sc8c7nc56)ccc43)cccc21. The second-order valence-corrected chi connectivity index (χ2v) is 24.8. The number of para-hydroxylation sites is 10. The number of fused-ring (bicyclic) bond motifs is 26. The van der Waals surface area contributed by atoms with Crippen LogP contribution >= 0.6 is 11.3 Å². The van der Waals surface area contributed by atoms with Crippen molar-refractivity contribution in [2.24, 2.45) is 0 Å². The highest BCUT2D eigenvalue weighted by molar-refractivity contribution is 7.26. The largest absolute Gasteiger partial charge is 0.454 e. The van der Waals surface area contributed by atoms with Crippen LogP contribution in [0.3, 0.4) is 0 Å². The summed E-state index contributed by atoms with van der Waals surface area (Å²) in [7, 11) is 0. The monoisotopic (exact) mass is 1150 g/mol. The first-order chi connectivity index (χ1) is 44.2. The molecule has 0 N–H and O–H groups in total. The third-order valence-corrected chi connectivity index (χ3v) is 20.6. The Morgan fingerprint density at radius 1 is 0.303 bits per heavy atom. The summed E-state index contributed by atoms with van der Waals surface area (Å²) in [6.45, 7) is 0. The molecule has 0 saturated carbocycles. The van der Waals surface area contributed by atoms with Crippen LogP contribution in [0.2, 0.25) is 0 Å². The van der Waals surface area contributed by atoms with E-state index < -0.39 is 5.41 Å². The minimum atomic E-state index is -0.884. The van der Waals surface area contributed by atoms with Gasteiger partial charge in [-0.2, -0.15) is 0 Å². The highest BCUT2D eigenvalue weighted by Crippen LogP contribution is 2.63. The number of benzene rings is 13. The van der Waals surface area contributed by atoms with Gasteiger partial charge >= 0.3 is 0 Å². The van der Waals surface area contributed by atoms with Crippen LogP contribution in [-0.2, 0) is 5.41 Å². The standard InChI is InChI=1S/C80H46N6O2S/c1-8-28-61-49(19-1)50-20-2-9-29-62(50)82(61)47-39-42-65-55(45-47)51-21-3-10-30-63(51)84(65)70-34-17-26-59-76(70)87-72-36-14-6-24-57(72)80(59)58-25-7-15-37-73(58)88-77-60(80)27-18-35-71(77)85-64-31-11-4-22-52(64)56-46-48(40-43-66(56)85)83-67-32-12-13-33-68(67)86-69-44-41-54-53-23-5-16-38-74(53)89-78(54)75(69)81-79(83)86/h1-46H. The number of rotatable bonds is 4. The number of nitrogens with zero attached hydrogens (tertiary/aromatic N) is 6. The quantitative estimate of drug-likeness (QED) is 0.176. The Morgan fingerprint density at radius 2 is 0.730 bits per heavy atom. The van der Waals surface area contributed by atoms with Gasteiger partial charge in [0.2, 0.25) is 5.78 Å². The van der Waals surface area contributed by atoms with E-state index in [9.17, 15) is 0 Å². The van der Waals surface area contributed by atoms with Crippen molar-refractivity contribution in [2.45, 2.75) is 5.41 Å². The third-order valence-electron chi connectivity index (χ3n) is 19.4. The van der Waals surface area contributed by atoms with Crippen LogP contribution in [-0.4, -0.2) is 27.7 Å². The molecule has 8 nitrogen and oxygen atoms in total. The number of ether oxygens (including phenoxy) is 2. The van der Waals surface area contributed by atoms with Crippen molar-refractivity contribution in [1.82, 2.24) is 27.7 Å². The summed E-state index contributed by atoms with van der Waals surface area (Å²) in [4.78, 5) is 5.57. The molecule has 13 aromatic carbocycles. The predicted molar refractivity (Wildman–Crippen MR) is 364 cm³/mol. The zero-order valence-electron chi connectivity index (χ0n) is 47.5. The summed E-state index contributed by atoms with van der Waals surface area (Å²) in [5, 5.41) is 9.57. The van der Waals surface area contributed by atoms with E-state index in [1.165, 1.54) is 42.0 Å². The van der Waals surface area contributed by atoms with Gasteiger partial charge in [0.15, 0.2) is 11.5 Å². The maximum atomic E-state index is 7.48. The van der Waals surface area contributed by atoms with Crippen molar-refractivity contribution >= 4 is 125 Å². The molecule has 8 heterocycles. The van der Waals surface area contributed by atoms with E-state index in [-0.39, 0.29) is 0 Å². The van der Waals surface area contributed by atoms with Crippen molar-refractivity contribution in [2.75, 3.05) is 0 Å². The summed E-state index contributed by atoms with van der Waals surface area (Å²) in [6, 6.07) is 101. The van der Waals surface area contributed by atoms with Gasteiger partial charge < -0.3 is 23.2 Å². The topological polar surface area (TPSA) is 55.5 Å². The minimum absolute atomic E-state index is 0.787. The molecule has 0 fully saturated rings. The molecule has 0 saturated heterocycles. The molecular weight excluding hydrogens is 1110 g/mol. The number of imidazole rings is 2. The average molecular weight is 1160 g/mol. The average Bonchev–Trinajstić information content (AvgIpc) is 1.90. The van der Waals surface area contributed by atoms with E-state index in [0.29, 0.717) is 0 Å². The van der Waals surface area contributed by atoms with Gasteiger partial charge in [-0.3, -0.25) is 8.97 Å². The molecule has 0 bridgehead atoms. The summed E-state index contributed by atoms with van der Waals surface area (Å²) >= 11 is 1.82. The van der Waals surface area contributed by atoms with Crippen molar-refractivity contribution in [3.8, 4) is 45.7 Å². The van der Waals surface area contributed by atoms with Crippen molar-refractivity contribution < 1.29 is 9.47 Å². The normalized spacial score (nSPS) is 14.5. The Hall–Kier alpha value is -11.7. The third kappa shape index (κ3) is 6.09. The fourth-order valence-corrected chi connectivity index (χ4v) is 17.0. The molecule has 0 amide bonds. The molecule has 2 aliphatic rings. The van der Waals surface area contributed by atoms with Crippen LogP contribution in [0.1, 0.15) is 22.3 Å². The number of aromatic nitrogens is 6. The molecule has 2 aliphatic heterocycles. The first kappa shape index (κ1) is 47.6. The predicted octanol–water partition coefficient (Wildman–Crippen LogP) is 20.7. The first-order valence-corrected chi connectivity index (χ1v) is 31.1. The molecule has 21 rings (SSSR count). The van der Waals surface area contributed by atoms with Crippen molar-refractivity contribution in [1.29, 1.82) is 0 Å². The Labute approximate surface area is 511 Å². The van der Waals surface area contributed by atoms with E-state index in [1.54, 1.807) is 0 Å². The van der Waals surface area contributed by atoms with Crippen LogP contribution in [0.4, 0.5) is 0 Å². The van der Waals surface area contributed by atoms with E-state index in [2.05, 4.69) is 302 Å². The van der Waals surface area contributed by atoms with Gasteiger partial charge in [0.25, 0.3) is 0 Å². The molecule has 414 valence electrons. The van der Waals surface area contributed by atoms with Gasteiger partial charge in [0.1, 0.15) is 17.0 Å². The summed E-state index contributed by atoms with van der Waals surface area (Å²) in [6.07, 6.45) is 0. The lowest BCUT2D eigenvalue weighted by Crippen LogP contribution is -2.37. The van der Waals surface area contributed by atoms with Crippen LogP contribution < -0.4 is 9.47 Å². The van der Waals surface area contributed by atoms with E-state index >= 15 is 0 Å². The summed E-state index contributed by atoms with van der Waals surface area (Å²) < 4.78 is 29.3. The lowest BCUT2D eigenvalue weighted by Gasteiger charge is -2.45. The van der Waals surface area contributed by atoms with Gasteiger partial charge in [-0.15, -0.1) is 11.3 Å². The molecule has 1 spiro atoms. The van der Waals surface area contributed by atoms with E-state index in [1.807, 2.05) is 11.3 Å². The lowest BCUT2D eigenvalue weighted by molar-refractivity contribution is 0.398. The zero-order chi connectivity index (χ0) is 57.8. The molecule has 0 aliphatic carbocycles. The van der Waals surface area contributed by atoms with Gasteiger partial charge in [-0.05, 0) is 109 Å².